The van der Waals surface area contributed by atoms with Gasteiger partial charge in [-0.2, -0.15) is 0 Å². The van der Waals surface area contributed by atoms with Crippen LogP contribution in [0.2, 0.25) is 0 Å². The van der Waals surface area contributed by atoms with E-state index in [0.717, 1.165) is 11.4 Å². The van der Waals surface area contributed by atoms with Crippen LogP contribution in [0.15, 0.2) is 64.5 Å². The maximum atomic E-state index is 12.8. The topological polar surface area (TPSA) is 60.9 Å². The van der Waals surface area contributed by atoms with Gasteiger partial charge in [-0.1, -0.05) is 42.1 Å². The molecule has 5 heteroatoms. The van der Waals surface area contributed by atoms with Crippen molar-refractivity contribution in [2.24, 2.45) is 5.73 Å². The molecule has 0 bridgehead atoms. The third-order valence-corrected chi connectivity index (χ3v) is 4.08. The van der Waals surface area contributed by atoms with Crippen LogP contribution in [0.5, 0.6) is 0 Å². The average Bonchev–Trinajstić information content (AvgIpc) is 2.54. The molecular weight excluding hydrogens is 282 g/mol. The van der Waals surface area contributed by atoms with E-state index in [2.05, 4.69) is 4.98 Å². The number of nitrogens with two attached hydrogens (primary N) is 1. The van der Waals surface area contributed by atoms with Crippen LogP contribution in [0.1, 0.15) is 0 Å². The van der Waals surface area contributed by atoms with Gasteiger partial charge in [0.05, 0.1) is 16.6 Å². The van der Waals surface area contributed by atoms with E-state index in [-0.39, 0.29) is 5.56 Å². The summed E-state index contributed by atoms with van der Waals surface area (Å²) in [5.41, 5.74) is 7.07. The van der Waals surface area contributed by atoms with Crippen LogP contribution in [-0.4, -0.2) is 21.8 Å². The molecule has 2 N–H and O–H groups in total. The van der Waals surface area contributed by atoms with Crippen molar-refractivity contribution >= 4 is 22.7 Å². The number of benzene rings is 2. The van der Waals surface area contributed by atoms with E-state index in [1.165, 1.54) is 11.8 Å². The normalized spacial score (nSPS) is 10.9. The summed E-state index contributed by atoms with van der Waals surface area (Å²) in [6.45, 7) is 0.544. The van der Waals surface area contributed by atoms with E-state index >= 15 is 0 Å². The molecule has 0 aliphatic heterocycles. The Balaban J connectivity index is 2.29. The minimum absolute atomic E-state index is 0.0497. The maximum absolute atomic E-state index is 12.8. The summed E-state index contributed by atoms with van der Waals surface area (Å²) in [5.74, 6) is 0.720. The zero-order chi connectivity index (χ0) is 14.7. The van der Waals surface area contributed by atoms with Gasteiger partial charge in [0.15, 0.2) is 5.16 Å². The van der Waals surface area contributed by atoms with Crippen LogP contribution < -0.4 is 11.3 Å². The molecular formula is C16H15N3OS. The summed E-state index contributed by atoms with van der Waals surface area (Å²) in [4.78, 5) is 17.4. The third-order valence-electron chi connectivity index (χ3n) is 3.11. The summed E-state index contributed by atoms with van der Waals surface area (Å²) in [6.07, 6.45) is 0. The molecule has 0 atom stereocenters. The van der Waals surface area contributed by atoms with Crippen molar-refractivity contribution in [1.82, 2.24) is 9.55 Å². The molecule has 2 aromatic carbocycles. The quantitative estimate of drug-likeness (QED) is 0.593. The molecule has 0 fully saturated rings. The lowest BCUT2D eigenvalue weighted by atomic mass is 10.2. The van der Waals surface area contributed by atoms with Crippen LogP contribution >= 0.6 is 11.8 Å². The molecule has 0 spiro atoms. The number of thioether (sulfide) groups is 1. The molecule has 0 aliphatic rings. The van der Waals surface area contributed by atoms with E-state index < -0.39 is 0 Å². The summed E-state index contributed by atoms with van der Waals surface area (Å²) in [6, 6.07) is 17.0. The Morgan fingerprint density at radius 2 is 1.76 bits per heavy atom. The second-order valence-electron chi connectivity index (χ2n) is 4.52. The van der Waals surface area contributed by atoms with Crippen molar-refractivity contribution in [3.05, 3.63) is 65.0 Å². The molecule has 1 aromatic heterocycles. The number of para-hydroxylation sites is 2. The lowest BCUT2D eigenvalue weighted by molar-refractivity contribution is 0.819. The Bertz CT molecular complexity index is 815. The van der Waals surface area contributed by atoms with Crippen molar-refractivity contribution in [3.63, 3.8) is 0 Å². The fourth-order valence-electron chi connectivity index (χ4n) is 2.16. The standard InChI is InChI=1S/C16H15N3OS/c17-10-11-21-16-18-14-9-5-4-8-13(14)15(20)19(16)12-6-2-1-3-7-12/h1-9H,10-11,17H2. The number of aromatic nitrogens is 2. The molecule has 0 saturated heterocycles. The molecule has 0 saturated carbocycles. The van der Waals surface area contributed by atoms with Crippen molar-refractivity contribution in [1.29, 1.82) is 0 Å². The van der Waals surface area contributed by atoms with Gasteiger partial charge in [0.1, 0.15) is 0 Å². The van der Waals surface area contributed by atoms with Crippen molar-refractivity contribution in [2.75, 3.05) is 12.3 Å². The number of rotatable bonds is 4. The Morgan fingerprint density at radius 1 is 1.05 bits per heavy atom. The highest BCUT2D eigenvalue weighted by atomic mass is 32.2. The van der Waals surface area contributed by atoms with E-state index in [0.29, 0.717) is 22.6 Å². The zero-order valence-corrected chi connectivity index (χ0v) is 12.2. The first-order valence-electron chi connectivity index (χ1n) is 6.71. The largest absolute Gasteiger partial charge is 0.330 e. The van der Waals surface area contributed by atoms with Crippen molar-refractivity contribution in [2.45, 2.75) is 5.16 Å². The van der Waals surface area contributed by atoms with Gasteiger partial charge >= 0.3 is 0 Å². The molecule has 0 aliphatic carbocycles. The van der Waals surface area contributed by atoms with E-state index in [4.69, 9.17) is 5.73 Å². The molecule has 0 radical (unpaired) electrons. The van der Waals surface area contributed by atoms with Gasteiger partial charge in [0.25, 0.3) is 5.56 Å². The lowest BCUT2D eigenvalue weighted by Crippen LogP contribution is -2.22. The first kappa shape index (κ1) is 13.9. The predicted molar refractivity (Wildman–Crippen MR) is 87.1 cm³/mol. The lowest BCUT2D eigenvalue weighted by Gasteiger charge is -2.12. The molecule has 3 aromatic rings. The molecule has 106 valence electrons. The van der Waals surface area contributed by atoms with Gasteiger partial charge in [0, 0.05) is 12.3 Å². The Morgan fingerprint density at radius 3 is 2.52 bits per heavy atom. The molecule has 3 rings (SSSR count). The number of hydrogen-bond donors (Lipinski definition) is 1. The molecule has 4 nitrogen and oxygen atoms in total. The monoisotopic (exact) mass is 297 g/mol. The van der Waals surface area contributed by atoms with E-state index in [9.17, 15) is 4.79 Å². The number of nitrogens with zero attached hydrogens (tertiary/aromatic N) is 2. The van der Waals surface area contributed by atoms with Crippen LogP contribution in [0.25, 0.3) is 16.6 Å². The summed E-state index contributed by atoms with van der Waals surface area (Å²) in [7, 11) is 0. The van der Waals surface area contributed by atoms with Crippen LogP contribution in [0, 0.1) is 0 Å². The summed E-state index contributed by atoms with van der Waals surface area (Å²) < 4.78 is 1.66. The predicted octanol–water partition coefficient (Wildman–Crippen LogP) is 2.44. The second kappa shape index (κ2) is 6.11. The van der Waals surface area contributed by atoms with Gasteiger partial charge in [-0.25, -0.2) is 4.98 Å². The molecule has 0 amide bonds. The fourth-order valence-corrected chi connectivity index (χ4v) is 2.94. The Kier molecular flexibility index (Phi) is 4.03. The van der Waals surface area contributed by atoms with Crippen LogP contribution in [0.4, 0.5) is 0 Å². The van der Waals surface area contributed by atoms with E-state index in [1.807, 2.05) is 54.6 Å². The summed E-state index contributed by atoms with van der Waals surface area (Å²) >= 11 is 1.50. The zero-order valence-electron chi connectivity index (χ0n) is 11.4. The van der Waals surface area contributed by atoms with Crippen LogP contribution in [-0.2, 0) is 0 Å². The SMILES string of the molecule is NCCSc1nc2ccccc2c(=O)n1-c1ccccc1. The smallest absolute Gasteiger partial charge is 0.266 e. The van der Waals surface area contributed by atoms with Gasteiger partial charge in [0.2, 0.25) is 0 Å². The summed E-state index contributed by atoms with van der Waals surface area (Å²) in [5, 5.41) is 1.30. The molecule has 0 unspecified atom stereocenters. The third kappa shape index (κ3) is 2.70. The molecule has 21 heavy (non-hydrogen) atoms. The first-order chi connectivity index (χ1) is 10.3. The first-order valence-corrected chi connectivity index (χ1v) is 7.70. The second-order valence-corrected chi connectivity index (χ2v) is 5.59. The van der Waals surface area contributed by atoms with E-state index in [1.54, 1.807) is 4.57 Å². The van der Waals surface area contributed by atoms with Crippen molar-refractivity contribution < 1.29 is 0 Å². The minimum atomic E-state index is -0.0497. The van der Waals surface area contributed by atoms with Gasteiger partial charge in [-0.3, -0.25) is 9.36 Å². The number of fused-ring (bicyclic) bond motifs is 1. The highest BCUT2D eigenvalue weighted by Gasteiger charge is 2.12. The highest BCUT2D eigenvalue weighted by molar-refractivity contribution is 7.99. The fraction of sp³-hybridized carbons (Fsp3) is 0.125. The Hall–Kier alpha value is -2.11. The van der Waals surface area contributed by atoms with Crippen LogP contribution in [0.3, 0.4) is 0 Å². The Labute approximate surface area is 126 Å². The maximum Gasteiger partial charge on any atom is 0.266 e. The number of hydrogen-bond acceptors (Lipinski definition) is 4. The average molecular weight is 297 g/mol. The van der Waals surface area contributed by atoms with Gasteiger partial charge in [-0.15, -0.1) is 0 Å². The van der Waals surface area contributed by atoms with Gasteiger partial charge in [-0.05, 0) is 24.3 Å². The van der Waals surface area contributed by atoms with Gasteiger partial charge < -0.3 is 5.73 Å². The molecule has 1 heterocycles. The van der Waals surface area contributed by atoms with Crippen molar-refractivity contribution in [3.8, 4) is 5.69 Å². The highest BCUT2D eigenvalue weighted by Crippen LogP contribution is 2.20. The minimum Gasteiger partial charge on any atom is -0.330 e.